The quantitative estimate of drug-likeness (QED) is 0.449. The maximum Gasteiger partial charge on any atom is 0.321 e. The number of nitrogens with one attached hydrogen (secondary N) is 2. The fraction of sp³-hybridized carbons (Fsp3) is 0.357. The largest absolute Gasteiger partial charge is 0.369 e. The highest BCUT2D eigenvalue weighted by Gasteiger charge is 2.02. The third-order valence-electron chi connectivity index (χ3n) is 2.20. The number of nitrogens with two attached hydrogens (primary N) is 1. The lowest BCUT2D eigenvalue weighted by Gasteiger charge is -2.05. The van der Waals surface area contributed by atoms with E-state index in [9.17, 15) is 9.18 Å². The summed E-state index contributed by atoms with van der Waals surface area (Å²) < 4.78 is 12.8. The standard InChI is InChI=1S/C11H15FN4O.C3H5NO/c1-3-14-11(17)16-10(13)15-9-5-4-8(12)6-7(9)2;1-2-4-3-5/h4-6H,3H2,1-2H3,(H4,13,14,15,16,17);2H2,1H3. The summed E-state index contributed by atoms with van der Waals surface area (Å²) in [6.45, 7) is 6.32. The Morgan fingerprint density at radius 3 is 2.55 bits per heavy atom. The molecule has 1 aromatic rings. The van der Waals surface area contributed by atoms with Gasteiger partial charge in [-0.05, 0) is 44.5 Å². The van der Waals surface area contributed by atoms with E-state index in [-0.39, 0.29) is 11.8 Å². The number of amides is 2. The van der Waals surface area contributed by atoms with Gasteiger partial charge in [0.2, 0.25) is 12.0 Å². The van der Waals surface area contributed by atoms with E-state index < -0.39 is 6.03 Å². The highest BCUT2D eigenvalue weighted by atomic mass is 19.1. The summed E-state index contributed by atoms with van der Waals surface area (Å²) in [7, 11) is 0. The van der Waals surface area contributed by atoms with E-state index in [0.717, 1.165) is 0 Å². The predicted molar refractivity (Wildman–Crippen MR) is 83.3 cm³/mol. The average molecular weight is 309 g/mol. The van der Waals surface area contributed by atoms with Crippen LogP contribution in [-0.4, -0.2) is 31.2 Å². The summed E-state index contributed by atoms with van der Waals surface area (Å²) in [5, 5.41) is 4.87. The molecule has 8 heteroatoms. The van der Waals surface area contributed by atoms with Crippen molar-refractivity contribution in [3.63, 3.8) is 0 Å². The zero-order valence-electron chi connectivity index (χ0n) is 12.8. The molecular weight excluding hydrogens is 289 g/mol. The Kier molecular flexibility index (Phi) is 9.62. The number of carbonyl (C=O) groups is 1. The first kappa shape index (κ1) is 19.3. The lowest BCUT2D eigenvalue weighted by atomic mass is 10.2. The fourth-order valence-electron chi connectivity index (χ4n) is 1.29. The third kappa shape index (κ3) is 8.44. The smallest absolute Gasteiger partial charge is 0.321 e. The van der Waals surface area contributed by atoms with Crippen LogP contribution in [0.5, 0.6) is 0 Å². The van der Waals surface area contributed by atoms with Gasteiger partial charge in [-0.25, -0.2) is 24.0 Å². The molecule has 0 fully saturated rings. The summed E-state index contributed by atoms with van der Waals surface area (Å²) >= 11 is 0. The summed E-state index contributed by atoms with van der Waals surface area (Å²) in [4.78, 5) is 27.4. The van der Waals surface area contributed by atoms with Gasteiger partial charge in [-0.15, -0.1) is 0 Å². The van der Waals surface area contributed by atoms with Gasteiger partial charge in [0.25, 0.3) is 0 Å². The Bertz CT molecular complexity index is 568. The van der Waals surface area contributed by atoms with Gasteiger partial charge in [0.05, 0.1) is 5.69 Å². The van der Waals surface area contributed by atoms with E-state index in [1.54, 1.807) is 20.8 Å². The van der Waals surface area contributed by atoms with Crippen LogP contribution in [0, 0.1) is 12.7 Å². The van der Waals surface area contributed by atoms with Gasteiger partial charge >= 0.3 is 6.03 Å². The summed E-state index contributed by atoms with van der Waals surface area (Å²) in [6, 6.07) is 3.70. The van der Waals surface area contributed by atoms with Crippen molar-refractivity contribution in [1.29, 1.82) is 0 Å². The zero-order valence-corrected chi connectivity index (χ0v) is 12.8. The van der Waals surface area contributed by atoms with E-state index >= 15 is 0 Å². The predicted octanol–water partition coefficient (Wildman–Crippen LogP) is 1.74. The summed E-state index contributed by atoms with van der Waals surface area (Å²) in [5.74, 6) is -0.373. The van der Waals surface area contributed by atoms with Crippen LogP contribution in [0.4, 0.5) is 14.9 Å². The highest BCUT2D eigenvalue weighted by Crippen LogP contribution is 2.18. The molecule has 0 aliphatic carbocycles. The number of aryl methyl sites for hydroxylation is 1. The number of urea groups is 1. The number of rotatable bonds is 3. The second kappa shape index (κ2) is 11.0. The Morgan fingerprint density at radius 1 is 1.41 bits per heavy atom. The summed E-state index contributed by atoms with van der Waals surface area (Å²) in [6.07, 6.45) is 1.39. The topological polar surface area (TPSA) is 109 Å². The Morgan fingerprint density at radius 2 is 2.09 bits per heavy atom. The molecule has 0 bridgehead atoms. The first-order valence-electron chi connectivity index (χ1n) is 6.63. The van der Waals surface area contributed by atoms with E-state index in [2.05, 4.69) is 20.6 Å². The first-order chi connectivity index (χ1) is 10.4. The lowest BCUT2D eigenvalue weighted by Crippen LogP contribution is -2.43. The highest BCUT2D eigenvalue weighted by molar-refractivity contribution is 5.96. The maximum absolute atomic E-state index is 12.8. The molecule has 0 aromatic heterocycles. The minimum Gasteiger partial charge on any atom is -0.369 e. The molecule has 0 unspecified atom stereocenters. The van der Waals surface area contributed by atoms with Gasteiger partial charge in [0.1, 0.15) is 5.82 Å². The van der Waals surface area contributed by atoms with Crippen molar-refractivity contribution in [2.75, 3.05) is 13.1 Å². The number of isocyanates is 1. The van der Waals surface area contributed by atoms with Crippen LogP contribution in [0.2, 0.25) is 0 Å². The molecule has 0 spiro atoms. The van der Waals surface area contributed by atoms with Crippen LogP contribution >= 0.6 is 0 Å². The van der Waals surface area contributed by atoms with Crippen LogP contribution in [-0.2, 0) is 4.79 Å². The van der Waals surface area contributed by atoms with Crippen molar-refractivity contribution in [3.05, 3.63) is 29.6 Å². The van der Waals surface area contributed by atoms with Crippen molar-refractivity contribution in [2.24, 2.45) is 15.7 Å². The molecule has 2 amide bonds. The van der Waals surface area contributed by atoms with Crippen molar-refractivity contribution in [2.45, 2.75) is 20.8 Å². The van der Waals surface area contributed by atoms with Crippen molar-refractivity contribution in [1.82, 2.24) is 10.6 Å². The second-order valence-electron chi connectivity index (χ2n) is 3.98. The molecule has 4 N–H and O–H groups in total. The van der Waals surface area contributed by atoms with E-state index in [0.29, 0.717) is 24.3 Å². The average Bonchev–Trinajstić information content (AvgIpc) is 2.43. The number of guanidine groups is 1. The molecule has 22 heavy (non-hydrogen) atoms. The van der Waals surface area contributed by atoms with E-state index in [1.165, 1.54) is 24.3 Å². The number of carbonyl (C=O) groups excluding carboxylic acids is 2. The normalized spacial score (nSPS) is 9.91. The minimum absolute atomic E-state index is 0.0364. The van der Waals surface area contributed by atoms with Crippen molar-refractivity contribution < 1.29 is 14.0 Å². The van der Waals surface area contributed by atoms with Crippen LogP contribution < -0.4 is 16.4 Å². The molecule has 0 aliphatic heterocycles. The minimum atomic E-state index is -0.423. The molecular formula is C14H20FN5O2. The molecule has 1 aromatic carbocycles. The van der Waals surface area contributed by atoms with Gasteiger partial charge in [0, 0.05) is 13.1 Å². The SMILES string of the molecule is CCN=C=O.CCNC(=O)NC(N)=Nc1ccc(F)cc1C. The fourth-order valence-corrected chi connectivity index (χ4v) is 1.29. The van der Waals surface area contributed by atoms with Crippen molar-refractivity contribution >= 4 is 23.8 Å². The molecule has 0 radical (unpaired) electrons. The number of hydrogen-bond acceptors (Lipinski definition) is 4. The number of aliphatic imine (C=N–C) groups is 2. The second-order valence-corrected chi connectivity index (χ2v) is 3.98. The number of hydrogen-bond donors (Lipinski definition) is 3. The molecule has 0 atom stereocenters. The van der Waals surface area contributed by atoms with E-state index in [4.69, 9.17) is 10.5 Å². The molecule has 1 rings (SSSR count). The molecule has 0 saturated heterocycles. The van der Waals surface area contributed by atoms with Gasteiger partial charge in [-0.3, -0.25) is 5.32 Å². The lowest BCUT2D eigenvalue weighted by molar-refractivity contribution is 0.245. The molecule has 0 saturated carbocycles. The van der Waals surface area contributed by atoms with Crippen LogP contribution in [0.25, 0.3) is 0 Å². The van der Waals surface area contributed by atoms with Gasteiger partial charge in [0.15, 0.2) is 0 Å². The number of nitrogens with zero attached hydrogens (tertiary/aromatic N) is 2. The van der Waals surface area contributed by atoms with Crippen molar-refractivity contribution in [3.8, 4) is 0 Å². The van der Waals surface area contributed by atoms with Gasteiger partial charge in [-0.1, -0.05) is 0 Å². The Balaban J connectivity index is 0.000000763. The zero-order chi connectivity index (χ0) is 17.0. The van der Waals surface area contributed by atoms with Gasteiger partial charge < -0.3 is 11.1 Å². The Hall–Kier alpha value is -2.73. The third-order valence-corrected chi connectivity index (χ3v) is 2.20. The molecule has 7 nitrogen and oxygen atoms in total. The maximum atomic E-state index is 12.8. The number of halogens is 1. The monoisotopic (exact) mass is 309 g/mol. The number of benzene rings is 1. The van der Waals surface area contributed by atoms with E-state index in [1.807, 2.05) is 0 Å². The van der Waals surface area contributed by atoms with Crippen LogP contribution in [0.1, 0.15) is 19.4 Å². The van der Waals surface area contributed by atoms with Crippen LogP contribution in [0.3, 0.4) is 0 Å². The molecule has 120 valence electrons. The first-order valence-corrected chi connectivity index (χ1v) is 6.63. The molecule has 0 aliphatic rings. The summed E-state index contributed by atoms with van der Waals surface area (Å²) in [5.41, 5.74) is 6.69. The van der Waals surface area contributed by atoms with Gasteiger partial charge in [-0.2, -0.15) is 0 Å². The molecule has 0 heterocycles. The van der Waals surface area contributed by atoms with Crippen LogP contribution in [0.15, 0.2) is 28.2 Å². The Labute approximate surface area is 128 Å².